The Kier molecular flexibility index (Phi) is 11.4. The third kappa shape index (κ3) is 7.35. The highest BCUT2D eigenvalue weighted by molar-refractivity contribution is 14.0. The molecule has 2 heterocycles. The van der Waals surface area contributed by atoms with Gasteiger partial charge in [-0.3, -0.25) is 9.89 Å². The van der Waals surface area contributed by atoms with Crippen LogP contribution in [-0.4, -0.2) is 82.5 Å². The Labute approximate surface area is 199 Å². The molecule has 2 unspecified atom stereocenters. The van der Waals surface area contributed by atoms with Gasteiger partial charge < -0.3 is 19.7 Å². The number of aliphatic imine (C=N–C) groups is 1. The number of nitrogens with zero attached hydrogens (tertiary/aromatic N) is 3. The Morgan fingerprint density at radius 1 is 1.17 bits per heavy atom. The zero-order chi connectivity index (χ0) is 20.5. The van der Waals surface area contributed by atoms with Crippen molar-refractivity contribution < 1.29 is 9.47 Å². The van der Waals surface area contributed by atoms with Crippen LogP contribution in [0.3, 0.4) is 0 Å². The van der Waals surface area contributed by atoms with Crippen molar-refractivity contribution in [2.24, 2.45) is 10.9 Å². The Morgan fingerprint density at radius 2 is 1.90 bits per heavy atom. The van der Waals surface area contributed by atoms with Gasteiger partial charge in [-0.1, -0.05) is 29.8 Å². The number of rotatable bonds is 9. The number of hydrogen-bond acceptors (Lipinski definition) is 4. The minimum absolute atomic E-state index is 0. The molecule has 30 heavy (non-hydrogen) atoms. The maximum atomic E-state index is 5.73. The van der Waals surface area contributed by atoms with Crippen LogP contribution in [0.5, 0.6) is 0 Å². The molecule has 1 aromatic carbocycles. The first kappa shape index (κ1) is 25.4. The second-order valence-corrected chi connectivity index (χ2v) is 8.27. The monoisotopic (exact) mass is 530 g/mol. The Hall–Kier alpha value is -0.900. The zero-order valence-electron chi connectivity index (χ0n) is 18.8. The van der Waals surface area contributed by atoms with Gasteiger partial charge in [0.15, 0.2) is 5.96 Å². The SMILES string of the molecule is CN=C(NCC(c1ccc(C)cc1)N1CCCC1)N1CCC(COCCOC)C1.I. The normalized spacial score (nSPS) is 21.0. The Balaban J connectivity index is 0.00000320. The molecule has 7 heteroatoms. The summed E-state index contributed by atoms with van der Waals surface area (Å²) in [6.07, 6.45) is 3.75. The van der Waals surface area contributed by atoms with Gasteiger partial charge in [0.1, 0.15) is 0 Å². The molecule has 0 aromatic heterocycles. The molecular formula is C23H39IN4O2. The molecule has 0 aliphatic carbocycles. The lowest BCUT2D eigenvalue weighted by Crippen LogP contribution is -2.44. The van der Waals surface area contributed by atoms with Gasteiger partial charge in [0.05, 0.1) is 25.9 Å². The van der Waals surface area contributed by atoms with Crippen molar-refractivity contribution in [3.05, 3.63) is 35.4 Å². The number of aryl methyl sites for hydroxylation is 1. The van der Waals surface area contributed by atoms with E-state index in [1.165, 1.54) is 37.1 Å². The van der Waals surface area contributed by atoms with Crippen LogP contribution in [0, 0.1) is 12.8 Å². The van der Waals surface area contributed by atoms with E-state index >= 15 is 0 Å². The van der Waals surface area contributed by atoms with Crippen molar-refractivity contribution in [3.63, 3.8) is 0 Å². The second kappa shape index (κ2) is 13.5. The van der Waals surface area contributed by atoms with Crippen molar-refractivity contribution >= 4 is 29.9 Å². The minimum atomic E-state index is 0. The molecule has 6 nitrogen and oxygen atoms in total. The fourth-order valence-electron chi connectivity index (χ4n) is 4.37. The van der Waals surface area contributed by atoms with Crippen LogP contribution in [0.15, 0.2) is 29.3 Å². The number of benzene rings is 1. The molecule has 2 fully saturated rings. The van der Waals surface area contributed by atoms with E-state index in [1.54, 1.807) is 7.11 Å². The first-order chi connectivity index (χ1) is 14.2. The van der Waals surface area contributed by atoms with Gasteiger partial charge in [0.2, 0.25) is 0 Å². The number of methoxy groups -OCH3 is 1. The van der Waals surface area contributed by atoms with Crippen molar-refractivity contribution in [1.29, 1.82) is 0 Å². The van der Waals surface area contributed by atoms with E-state index in [2.05, 4.69) is 51.3 Å². The molecule has 0 amide bonds. The van der Waals surface area contributed by atoms with Crippen molar-refractivity contribution in [2.45, 2.75) is 32.2 Å². The summed E-state index contributed by atoms with van der Waals surface area (Å²) in [7, 11) is 3.60. The first-order valence-corrected chi connectivity index (χ1v) is 11.0. The van der Waals surface area contributed by atoms with E-state index in [4.69, 9.17) is 9.47 Å². The summed E-state index contributed by atoms with van der Waals surface area (Å²) < 4.78 is 10.8. The van der Waals surface area contributed by atoms with Crippen LogP contribution in [0.25, 0.3) is 0 Å². The molecule has 170 valence electrons. The van der Waals surface area contributed by atoms with Crippen LogP contribution >= 0.6 is 24.0 Å². The van der Waals surface area contributed by atoms with Gasteiger partial charge in [-0.05, 0) is 44.8 Å². The predicted molar refractivity (Wildman–Crippen MR) is 134 cm³/mol. The molecule has 2 atom stereocenters. The number of guanidine groups is 1. The van der Waals surface area contributed by atoms with Crippen LogP contribution in [-0.2, 0) is 9.47 Å². The molecule has 1 aromatic rings. The molecule has 3 rings (SSSR count). The highest BCUT2D eigenvalue weighted by atomic mass is 127. The van der Waals surface area contributed by atoms with Gasteiger partial charge in [-0.2, -0.15) is 0 Å². The van der Waals surface area contributed by atoms with E-state index in [9.17, 15) is 0 Å². The highest BCUT2D eigenvalue weighted by Crippen LogP contribution is 2.25. The molecule has 1 N–H and O–H groups in total. The third-order valence-electron chi connectivity index (χ3n) is 6.08. The van der Waals surface area contributed by atoms with Gasteiger partial charge in [-0.15, -0.1) is 24.0 Å². The molecule has 2 saturated heterocycles. The topological polar surface area (TPSA) is 49.3 Å². The standard InChI is InChI=1S/C23H38N4O2.HI/c1-19-6-8-21(9-7-19)22(26-11-4-5-12-26)16-25-23(24-2)27-13-10-20(17-27)18-29-15-14-28-3;/h6-9,20,22H,4-5,10-18H2,1-3H3,(H,24,25);1H. The smallest absolute Gasteiger partial charge is 0.193 e. The fraction of sp³-hybridized carbons (Fsp3) is 0.696. The summed E-state index contributed by atoms with van der Waals surface area (Å²) in [5.74, 6) is 1.58. The van der Waals surface area contributed by atoms with Gasteiger partial charge in [0.25, 0.3) is 0 Å². The average Bonchev–Trinajstić information content (AvgIpc) is 3.42. The molecular weight excluding hydrogens is 491 g/mol. The van der Waals surface area contributed by atoms with Crippen LogP contribution in [0.4, 0.5) is 0 Å². The van der Waals surface area contributed by atoms with Crippen molar-refractivity contribution in [3.8, 4) is 0 Å². The van der Waals surface area contributed by atoms with Crippen molar-refractivity contribution in [2.75, 3.05) is 66.7 Å². The number of nitrogens with one attached hydrogen (secondary N) is 1. The number of hydrogen-bond donors (Lipinski definition) is 1. The molecule has 2 aliphatic heterocycles. The van der Waals surface area contributed by atoms with Gasteiger partial charge >= 0.3 is 0 Å². The number of likely N-dealkylation sites (tertiary alicyclic amines) is 2. The number of halogens is 1. The zero-order valence-corrected chi connectivity index (χ0v) is 21.1. The largest absolute Gasteiger partial charge is 0.382 e. The molecule has 0 spiro atoms. The van der Waals surface area contributed by atoms with Gasteiger partial charge in [0, 0.05) is 39.7 Å². The fourth-order valence-corrected chi connectivity index (χ4v) is 4.37. The summed E-state index contributed by atoms with van der Waals surface area (Å²) in [6.45, 7) is 9.59. The van der Waals surface area contributed by atoms with Crippen LogP contribution in [0.1, 0.15) is 36.4 Å². The first-order valence-electron chi connectivity index (χ1n) is 11.0. The van der Waals surface area contributed by atoms with Gasteiger partial charge in [-0.25, -0.2) is 0 Å². The molecule has 0 saturated carbocycles. The van der Waals surface area contributed by atoms with E-state index in [1.807, 2.05) is 7.05 Å². The summed E-state index contributed by atoms with van der Waals surface area (Å²) in [6, 6.07) is 9.41. The maximum absolute atomic E-state index is 5.73. The Morgan fingerprint density at radius 3 is 2.57 bits per heavy atom. The lowest BCUT2D eigenvalue weighted by atomic mass is 10.0. The van der Waals surface area contributed by atoms with Crippen LogP contribution in [0.2, 0.25) is 0 Å². The quantitative estimate of drug-likeness (QED) is 0.230. The molecule has 0 bridgehead atoms. The molecule has 0 radical (unpaired) electrons. The van der Waals surface area contributed by atoms with E-state index in [-0.39, 0.29) is 24.0 Å². The highest BCUT2D eigenvalue weighted by Gasteiger charge is 2.27. The minimum Gasteiger partial charge on any atom is -0.382 e. The predicted octanol–water partition coefficient (Wildman–Crippen LogP) is 3.31. The second-order valence-electron chi connectivity index (χ2n) is 8.27. The molecule has 2 aliphatic rings. The van der Waals surface area contributed by atoms with Crippen molar-refractivity contribution in [1.82, 2.24) is 15.1 Å². The summed E-state index contributed by atoms with van der Waals surface area (Å²) in [5, 5.41) is 3.67. The number of ether oxygens (including phenoxy) is 2. The summed E-state index contributed by atoms with van der Waals surface area (Å²) >= 11 is 0. The Bertz CT molecular complexity index is 635. The summed E-state index contributed by atoms with van der Waals surface area (Å²) in [4.78, 5) is 9.56. The van der Waals surface area contributed by atoms with E-state index in [0.29, 0.717) is 25.2 Å². The van der Waals surface area contributed by atoms with E-state index in [0.717, 1.165) is 38.6 Å². The lowest BCUT2D eigenvalue weighted by Gasteiger charge is -2.30. The lowest BCUT2D eigenvalue weighted by molar-refractivity contribution is 0.0536. The third-order valence-corrected chi connectivity index (χ3v) is 6.08. The average molecular weight is 530 g/mol. The maximum Gasteiger partial charge on any atom is 0.193 e. The van der Waals surface area contributed by atoms with Crippen LogP contribution < -0.4 is 5.32 Å². The van der Waals surface area contributed by atoms with E-state index < -0.39 is 0 Å². The summed E-state index contributed by atoms with van der Waals surface area (Å²) in [5.41, 5.74) is 2.71.